The Kier molecular flexibility index (Phi) is 4.87. The van der Waals surface area contributed by atoms with E-state index in [0.717, 1.165) is 36.9 Å². The van der Waals surface area contributed by atoms with Gasteiger partial charge in [-0.25, -0.2) is 18.4 Å². The van der Waals surface area contributed by atoms with E-state index in [1.807, 2.05) is 6.92 Å². The van der Waals surface area contributed by atoms with Crippen molar-refractivity contribution in [2.24, 2.45) is 0 Å². The standard InChI is InChI=1S/C16H24N4O3S/c1-11-12-6-3-4-7-13(12)19-15(18-11)10-17-16(21)14-8-5-9-20(14)24(2,22)23/h14H,3-10H2,1-2H3,(H,17,21)/t14-/m0/s1. The molecule has 0 bridgehead atoms. The van der Waals surface area contributed by atoms with E-state index in [1.165, 1.54) is 16.3 Å². The van der Waals surface area contributed by atoms with E-state index in [0.29, 0.717) is 25.2 Å². The number of amides is 1. The molecule has 2 aliphatic rings. The Morgan fingerprint density at radius 3 is 2.75 bits per heavy atom. The lowest BCUT2D eigenvalue weighted by Crippen LogP contribution is -2.45. The van der Waals surface area contributed by atoms with Crippen LogP contribution in [-0.4, -0.2) is 47.4 Å². The number of hydrogen-bond acceptors (Lipinski definition) is 5. The van der Waals surface area contributed by atoms with Gasteiger partial charge in [-0.2, -0.15) is 4.31 Å². The Bertz CT molecular complexity index is 748. The van der Waals surface area contributed by atoms with Crippen LogP contribution in [0.5, 0.6) is 0 Å². The zero-order valence-corrected chi connectivity index (χ0v) is 15.0. The van der Waals surface area contributed by atoms with Gasteiger partial charge < -0.3 is 5.32 Å². The lowest BCUT2D eigenvalue weighted by molar-refractivity contribution is -0.124. The number of hydrogen-bond donors (Lipinski definition) is 1. The minimum absolute atomic E-state index is 0.237. The minimum atomic E-state index is -3.36. The predicted octanol–water partition coefficient (Wildman–Crippen LogP) is 0.704. The van der Waals surface area contributed by atoms with Gasteiger partial charge in [0.05, 0.1) is 12.8 Å². The molecule has 0 saturated carbocycles. The summed E-state index contributed by atoms with van der Waals surface area (Å²) in [6.45, 7) is 2.63. The van der Waals surface area contributed by atoms with Gasteiger partial charge in [0.2, 0.25) is 15.9 Å². The molecule has 1 saturated heterocycles. The molecule has 7 nitrogen and oxygen atoms in total. The fourth-order valence-corrected chi connectivity index (χ4v) is 4.73. The van der Waals surface area contributed by atoms with Crippen LogP contribution >= 0.6 is 0 Å². The zero-order chi connectivity index (χ0) is 17.3. The highest BCUT2D eigenvalue weighted by Crippen LogP contribution is 2.22. The molecule has 1 aliphatic heterocycles. The molecule has 132 valence electrons. The van der Waals surface area contributed by atoms with Crippen LogP contribution < -0.4 is 5.32 Å². The third-order valence-corrected chi connectivity index (χ3v) is 6.08. The van der Waals surface area contributed by atoms with Gasteiger partial charge in [0, 0.05) is 17.9 Å². The van der Waals surface area contributed by atoms with Crippen LogP contribution in [0.4, 0.5) is 0 Å². The number of nitrogens with zero attached hydrogens (tertiary/aromatic N) is 3. The third-order valence-electron chi connectivity index (χ3n) is 4.79. The van der Waals surface area contributed by atoms with E-state index in [1.54, 1.807) is 0 Å². The van der Waals surface area contributed by atoms with E-state index >= 15 is 0 Å². The van der Waals surface area contributed by atoms with Gasteiger partial charge in [-0.15, -0.1) is 0 Å². The van der Waals surface area contributed by atoms with E-state index < -0.39 is 16.1 Å². The smallest absolute Gasteiger partial charge is 0.238 e. The second kappa shape index (κ2) is 6.76. The maximum atomic E-state index is 12.4. The maximum absolute atomic E-state index is 12.4. The quantitative estimate of drug-likeness (QED) is 0.861. The molecule has 1 N–H and O–H groups in total. The second-order valence-electron chi connectivity index (χ2n) is 6.61. The average molecular weight is 352 g/mol. The molecule has 8 heteroatoms. The first-order valence-electron chi connectivity index (χ1n) is 8.46. The van der Waals surface area contributed by atoms with Crippen LogP contribution in [-0.2, 0) is 34.2 Å². The summed E-state index contributed by atoms with van der Waals surface area (Å²) in [6, 6.07) is -0.612. The number of carbonyl (C=O) groups excluding carboxylic acids is 1. The van der Waals surface area contributed by atoms with Crippen LogP contribution in [0.1, 0.15) is 48.5 Å². The number of fused-ring (bicyclic) bond motifs is 1. The third kappa shape index (κ3) is 3.59. The number of aryl methyl sites for hydroxylation is 2. The monoisotopic (exact) mass is 352 g/mol. The topological polar surface area (TPSA) is 92.3 Å². The highest BCUT2D eigenvalue weighted by Gasteiger charge is 2.36. The highest BCUT2D eigenvalue weighted by atomic mass is 32.2. The summed E-state index contributed by atoms with van der Waals surface area (Å²) in [6.07, 6.45) is 6.72. The first-order chi connectivity index (χ1) is 11.4. The van der Waals surface area contributed by atoms with Crippen molar-refractivity contribution >= 4 is 15.9 Å². The molecule has 1 fully saturated rings. The van der Waals surface area contributed by atoms with Crippen LogP contribution in [0.15, 0.2) is 0 Å². The predicted molar refractivity (Wildman–Crippen MR) is 89.8 cm³/mol. The van der Waals surface area contributed by atoms with Crippen molar-refractivity contribution in [1.29, 1.82) is 0 Å². The zero-order valence-electron chi connectivity index (χ0n) is 14.2. The van der Waals surface area contributed by atoms with Gasteiger partial charge in [0.1, 0.15) is 11.9 Å². The van der Waals surface area contributed by atoms with Crippen molar-refractivity contribution in [3.8, 4) is 0 Å². The molecule has 1 aliphatic carbocycles. The first kappa shape index (κ1) is 17.3. The summed E-state index contributed by atoms with van der Waals surface area (Å²) >= 11 is 0. The average Bonchev–Trinajstić information content (AvgIpc) is 3.03. The first-order valence-corrected chi connectivity index (χ1v) is 10.3. The Morgan fingerprint density at radius 2 is 2.00 bits per heavy atom. The molecule has 3 rings (SSSR count). The molecular formula is C16H24N4O3S. The summed E-state index contributed by atoms with van der Waals surface area (Å²) in [5.74, 6) is 0.335. The van der Waals surface area contributed by atoms with Crippen molar-refractivity contribution in [2.75, 3.05) is 12.8 Å². The normalized spacial score (nSPS) is 21.5. The Morgan fingerprint density at radius 1 is 1.25 bits per heavy atom. The Hall–Kier alpha value is -1.54. The SMILES string of the molecule is Cc1nc(CNC(=O)[C@@H]2CCCN2S(C)(=O)=O)nc2c1CCCC2. The largest absolute Gasteiger partial charge is 0.347 e. The lowest BCUT2D eigenvalue weighted by atomic mass is 9.95. The van der Waals surface area contributed by atoms with Crippen molar-refractivity contribution in [3.05, 3.63) is 22.8 Å². The van der Waals surface area contributed by atoms with Gasteiger partial charge in [0.25, 0.3) is 0 Å². The van der Waals surface area contributed by atoms with Gasteiger partial charge >= 0.3 is 0 Å². The summed E-state index contributed by atoms with van der Waals surface area (Å²) in [4.78, 5) is 21.5. The molecule has 0 spiro atoms. The van der Waals surface area contributed by atoms with Crippen LogP contribution in [0, 0.1) is 6.92 Å². The van der Waals surface area contributed by atoms with E-state index in [-0.39, 0.29) is 12.5 Å². The minimum Gasteiger partial charge on any atom is -0.347 e. The summed E-state index contributed by atoms with van der Waals surface area (Å²) in [5.41, 5.74) is 3.33. The molecule has 1 atom stereocenters. The van der Waals surface area contributed by atoms with Crippen LogP contribution in [0.25, 0.3) is 0 Å². The van der Waals surface area contributed by atoms with E-state index in [2.05, 4.69) is 15.3 Å². The summed E-state index contributed by atoms with van der Waals surface area (Å²) in [5, 5.41) is 2.81. The number of carbonyl (C=O) groups is 1. The second-order valence-corrected chi connectivity index (χ2v) is 8.54. The van der Waals surface area contributed by atoms with Crippen LogP contribution in [0.3, 0.4) is 0 Å². The van der Waals surface area contributed by atoms with Crippen molar-refractivity contribution < 1.29 is 13.2 Å². The molecule has 2 heterocycles. The molecule has 24 heavy (non-hydrogen) atoms. The molecule has 0 radical (unpaired) electrons. The molecule has 1 aromatic rings. The van der Waals surface area contributed by atoms with Crippen LogP contribution in [0.2, 0.25) is 0 Å². The molecule has 0 aromatic carbocycles. The fourth-order valence-electron chi connectivity index (χ4n) is 3.61. The Labute approximate surface area is 142 Å². The lowest BCUT2D eigenvalue weighted by Gasteiger charge is -2.21. The number of sulfonamides is 1. The van der Waals surface area contributed by atoms with Crippen molar-refractivity contribution in [1.82, 2.24) is 19.6 Å². The number of nitrogens with one attached hydrogen (secondary N) is 1. The van der Waals surface area contributed by atoms with E-state index in [4.69, 9.17) is 0 Å². The number of rotatable bonds is 4. The maximum Gasteiger partial charge on any atom is 0.238 e. The summed E-state index contributed by atoms with van der Waals surface area (Å²) < 4.78 is 24.8. The van der Waals surface area contributed by atoms with E-state index in [9.17, 15) is 13.2 Å². The summed E-state index contributed by atoms with van der Waals surface area (Å²) in [7, 11) is -3.36. The molecule has 1 amide bonds. The van der Waals surface area contributed by atoms with Gasteiger partial charge in [-0.05, 0) is 51.0 Å². The molecule has 1 aromatic heterocycles. The van der Waals surface area contributed by atoms with Crippen molar-refractivity contribution in [3.63, 3.8) is 0 Å². The molecular weight excluding hydrogens is 328 g/mol. The highest BCUT2D eigenvalue weighted by molar-refractivity contribution is 7.88. The van der Waals surface area contributed by atoms with Crippen molar-refractivity contribution in [2.45, 2.75) is 58.0 Å². The molecule has 0 unspecified atom stereocenters. The fraction of sp³-hybridized carbons (Fsp3) is 0.688. The van der Waals surface area contributed by atoms with Gasteiger partial charge in [-0.3, -0.25) is 4.79 Å². The van der Waals surface area contributed by atoms with Gasteiger partial charge in [0.15, 0.2) is 0 Å². The Balaban J connectivity index is 1.67. The van der Waals surface area contributed by atoms with Gasteiger partial charge in [-0.1, -0.05) is 0 Å². The number of aromatic nitrogens is 2.